The third kappa shape index (κ3) is 2.71. The van der Waals surface area contributed by atoms with Crippen molar-refractivity contribution in [2.75, 3.05) is 25.6 Å². The van der Waals surface area contributed by atoms with Gasteiger partial charge in [-0.2, -0.15) is 5.10 Å². The van der Waals surface area contributed by atoms with E-state index in [1.165, 1.54) is 0 Å². The molecule has 0 aliphatic heterocycles. The van der Waals surface area contributed by atoms with Gasteiger partial charge in [0.2, 0.25) is 0 Å². The Hall–Kier alpha value is -1.07. The topological polar surface area (TPSA) is 73.3 Å². The van der Waals surface area contributed by atoms with Crippen molar-refractivity contribution in [1.29, 1.82) is 0 Å². The van der Waals surface area contributed by atoms with E-state index >= 15 is 0 Å². The minimum atomic E-state index is 0.0558. The van der Waals surface area contributed by atoms with Crippen LogP contribution in [0.5, 0.6) is 0 Å². The number of aliphatic hydroxyl groups is 1. The van der Waals surface area contributed by atoms with Gasteiger partial charge in [-0.3, -0.25) is 4.68 Å². The van der Waals surface area contributed by atoms with Gasteiger partial charge in [-0.05, 0) is 6.92 Å². The Labute approximate surface area is 77.1 Å². The zero-order valence-corrected chi connectivity index (χ0v) is 7.73. The lowest BCUT2D eigenvalue weighted by molar-refractivity contribution is 0.0851. The molecule has 5 heteroatoms. The number of hydrogen-bond acceptors (Lipinski definition) is 4. The van der Waals surface area contributed by atoms with Crippen LogP contribution in [0, 0.1) is 6.92 Å². The van der Waals surface area contributed by atoms with Gasteiger partial charge >= 0.3 is 0 Å². The van der Waals surface area contributed by atoms with Crippen LogP contribution in [0.2, 0.25) is 0 Å². The van der Waals surface area contributed by atoms with Gasteiger partial charge in [-0.15, -0.1) is 0 Å². The number of nitrogens with zero attached hydrogens (tertiary/aromatic N) is 2. The highest BCUT2D eigenvalue weighted by Gasteiger charge is 2.01. The Morgan fingerprint density at radius 3 is 2.92 bits per heavy atom. The Morgan fingerprint density at radius 1 is 1.62 bits per heavy atom. The predicted molar refractivity (Wildman–Crippen MR) is 49.3 cm³/mol. The van der Waals surface area contributed by atoms with Crippen LogP contribution in [0.4, 0.5) is 5.69 Å². The average molecular weight is 185 g/mol. The summed E-state index contributed by atoms with van der Waals surface area (Å²) in [6.07, 6.45) is 1.63. The number of aromatic nitrogens is 2. The predicted octanol–water partition coefficient (Wildman–Crippen LogP) is -0.217. The maximum absolute atomic E-state index is 8.45. The normalized spacial score (nSPS) is 10.6. The maximum atomic E-state index is 8.45. The third-order valence-corrected chi connectivity index (χ3v) is 1.82. The molecular weight excluding hydrogens is 170 g/mol. The van der Waals surface area contributed by atoms with Crippen molar-refractivity contribution in [3.05, 3.63) is 11.9 Å². The molecule has 74 valence electrons. The molecule has 0 atom stereocenters. The number of hydrogen-bond donors (Lipinski definition) is 2. The Balaban J connectivity index is 2.32. The fourth-order valence-electron chi connectivity index (χ4n) is 1.00. The lowest BCUT2D eigenvalue weighted by Crippen LogP contribution is -2.10. The summed E-state index contributed by atoms with van der Waals surface area (Å²) in [6, 6.07) is 0. The van der Waals surface area contributed by atoms with E-state index in [0.29, 0.717) is 25.4 Å². The SMILES string of the molecule is Cc1c(N)cnn1CCOCCO. The van der Waals surface area contributed by atoms with E-state index in [2.05, 4.69) is 5.10 Å². The molecule has 3 N–H and O–H groups in total. The summed E-state index contributed by atoms with van der Waals surface area (Å²) < 4.78 is 6.88. The minimum absolute atomic E-state index is 0.0558. The number of anilines is 1. The fourth-order valence-corrected chi connectivity index (χ4v) is 1.00. The monoisotopic (exact) mass is 185 g/mol. The Morgan fingerprint density at radius 2 is 2.38 bits per heavy atom. The van der Waals surface area contributed by atoms with Crippen molar-refractivity contribution in [2.45, 2.75) is 13.5 Å². The molecular formula is C8H15N3O2. The molecule has 0 fully saturated rings. The summed E-state index contributed by atoms with van der Waals surface area (Å²) in [7, 11) is 0. The molecule has 0 amide bonds. The summed E-state index contributed by atoms with van der Waals surface area (Å²) in [4.78, 5) is 0. The van der Waals surface area contributed by atoms with Crippen molar-refractivity contribution in [2.24, 2.45) is 0 Å². The number of ether oxygens (including phenoxy) is 1. The maximum Gasteiger partial charge on any atom is 0.0730 e. The lowest BCUT2D eigenvalue weighted by Gasteiger charge is -2.04. The van der Waals surface area contributed by atoms with Crippen molar-refractivity contribution in [1.82, 2.24) is 9.78 Å². The molecule has 0 saturated carbocycles. The van der Waals surface area contributed by atoms with E-state index in [0.717, 1.165) is 5.69 Å². The molecule has 1 aromatic rings. The van der Waals surface area contributed by atoms with E-state index in [9.17, 15) is 0 Å². The van der Waals surface area contributed by atoms with Gasteiger partial charge in [0, 0.05) is 0 Å². The number of aliphatic hydroxyl groups excluding tert-OH is 1. The first kappa shape index (κ1) is 10.0. The van der Waals surface area contributed by atoms with E-state index in [-0.39, 0.29) is 6.61 Å². The molecule has 0 radical (unpaired) electrons. The van der Waals surface area contributed by atoms with E-state index < -0.39 is 0 Å². The molecule has 0 saturated heterocycles. The zero-order valence-electron chi connectivity index (χ0n) is 7.73. The molecule has 1 rings (SSSR count). The van der Waals surface area contributed by atoms with E-state index in [1.807, 2.05) is 6.92 Å². The highest BCUT2D eigenvalue weighted by atomic mass is 16.5. The number of rotatable bonds is 5. The Bertz CT molecular complexity index is 260. The van der Waals surface area contributed by atoms with E-state index in [1.54, 1.807) is 10.9 Å². The smallest absolute Gasteiger partial charge is 0.0730 e. The fraction of sp³-hybridized carbons (Fsp3) is 0.625. The minimum Gasteiger partial charge on any atom is -0.396 e. The van der Waals surface area contributed by atoms with Crippen molar-refractivity contribution in [3.63, 3.8) is 0 Å². The van der Waals surface area contributed by atoms with Crippen LogP contribution in [0.15, 0.2) is 6.20 Å². The molecule has 13 heavy (non-hydrogen) atoms. The third-order valence-electron chi connectivity index (χ3n) is 1.82. The molecule has 1 heterocycles. The van der Waals surface area contributed by atoms with Crippen molar-refractivity contribution >= 4 is 5.69 Å². The second-order valence-electron chi connectivity index (χ2n) is 2.74. The number of nitrogens with two attached hydrogens (primary N) is 1. The first-order chi connectivity index (χ1) is 6.25. The van der Waals surface area contributed by atoms with Crippen LogP contribution in [-0.4, -0.2) is 34.7 Å². The molecule has 0 aliphatic carbocycles. The largest absolute Gasteiger partial charge is 0.396 e. The summed E-state index contributed by atoms with van der Waals surface area (Å²) >= 11 is 0. The molecule has 0 spiro atoms. The van der Waals surface area contributed by atoms with Gasteiger partial charge in [0.05, 0.1) is 43.9 Å². The molecule has 0 aromatic carbocycles. The van der Waals surface area contributed by atoms with Crippen LogP contribution < -0.4 is 5.73 Å². The van der Waals surface area contributed by atoms with Gasteiger partial charge in [0.15, 0.2) is 0 Å². The van der Waals surface area contributed by atoms with Crippen molar-refractivity contribution < 1.29 is 9.84 Å². The standard InChI is InChI=1S/C8H15N3O2/c1-7-8(9)6-10-11(7)2-4-13-5-3-12/h6,12H,2-5,9H2,1H3. The summed E-state index contributed by atoms with van der Waals surface area (Å²) in [5.41, 5.74) is 7.25. The molecule has 5 nitrogen and oxygen atoms in total. The zero-order chi connectivity index (χ0) is 9.68. The molecule has 1 aromatic heterocycles. The molecule has 0 aliphatic rings. The molecule has 0 unspecified atom stereocenters. The van der Waals surface area contributed by atoms with Crippen LogP contribution in [-0.2, 0) is 11.3 Å². The van der Waals surface area contributed by atoms with Gasteiger partial charge < -0.3 is 15.6 Å². The van der Waals surface area contributed by atoms with Gasteiger partial charge in [0.25, 0.3) is 0 Å². The van der Waals surface area contributed by atoms with Crippen molar-refractivity contribution in [3.8, 4) is 0 Å². The summed E-state index contributed by atoms with van der Waals surface area (Å²) in [5, 5.41) is 12.5. The first-order valence-electron chi connectivity index (χ1n) is 4.22. The summed E-state index contributed by atoms with van der Waals surface area (Å²) in [5.74, 6) is 0. The summed E-state index contributed by atoms with van der Waals surface area (Å²) in [6.45, 7) is 3.55. The van der Waals surface area contributed by atoms with Gasteiger partial charge in [-0.1, -0.05) is 0 Å². The highest BCUT2D eigenvalue weighted by Crippen LogP contribution is 2.07. The highest BCUT2D eigenvalue weighted by molar-refractivity contribution is 5.39. The second-order valence-corrected chi connectivity index (χ2v) is 2.74. The van der Waals surface area contributed by atoms with Crippen LogP contribution in [0.1, 0.15) is 5.69 Å². The Kier molecular flexibility index (Phi) is 3.72. The van der Waals surface area contributed by atoms with E-state index in [4.69, 9.17) is 15.6 Å². The van der Waals surface area contributed by atoms with Crippen LogP contribution in [0.25, 0.3) is 0 Å². The van der Waals surface area contributed by atoms with Gasteiger partial charge in [0.1, 0.15) is 0 Å². The number of nitrogen functional groups attached to an aromatic ring is 1. The molecule has 0 bridgehead atoms. The van der Waals surface area contributed by atoms with Gasteiger partial charge in [-0.25, -0.2) is 0 Å². The first-order valence-corrected chi connectivity index (χ1v) is 4.22. The lowest BCUT2D eigenvalue weighted by atomic mass is 10.4. The van der Waals surface area contributed by atoms with Crippen LogP contribution in [0.3, 0.4) is 0 Å². The quantitative estimate of drug-likeness (QED) is 0.622. The van der Waals surface area contributed by atoms with Crippen LogP contribution >= 0.6 is 0 Å². The second kappa shape index (κ2) is 4.84. The average Bonchev–Trinajstić information content (AvgIpc) is 2.43.